The summed E-state index contributed by atoms with van der Waals surface area (Å²) < 4.78 is 37.8. The van der Waals surface area contributed by atoms with E-state index in [0.717, 1.165) is 23.1 Å². The molecule has 4 rings (SSSR count). The smallest absolute Gasteiger partial charge is 0.234 e. The Hall–Kier alpha value is -3.45. The van der Waals surface area contributed by atoms with Crippen molar-refractivity contribution in [3.05, 3.63) is 94.6 Å². The second kappa shape index (κ2) is 10.2. The van der Waals surface area contributed by atoms with Gasteiger partial charge in [0.15, 0.2) is 11.5 Å². The fourth-order valence-electron chi connectivity index (χ4n) is 4.39. The second-order valence-electron chi connectivity index (χ2n) is 8.54. The fourth-order valence-corrected chi connectivity index (χ4v) is 4.39. The molecule has 0 saturated carbocycles. The molecule has 3 aromatic carbocycles. The number of nitrogens with one attached hydrogen (secondary N) is 1. The minimum atomic E-state index is -0.523. The number of rotatable bonds is 7. The molecule has 7 heteroatoms. The number of fused-ring (bicyclic) bond motifs is 1. The van der Waals surface area contributed by atoms with Crippen LogP contribution in [-0.4, -0.2) is 37.6 Å². The summed E-state index contributed by atoms with van der Waals surface area (Å²) in [6.07, 6.45) is 0.780. The maximum Gasteiger partial charge on any atom is 0.234 e. The van der Waals surface area contributed by atoms with Crippen LogP contribution < -0.4 is 14.8 Å². The number of methoxy groups -OCH3 is 2. The normalized spacial score (nSPS) is 15.6. The molecule has 178 valence electrons. The van der Waals surface area contributed by atoms with E-state index in [1.165, 1.54) is 29.8 Å². The standard InChI is InChI=1S/C27H28F2N2O3/c1-17-12-20-13-24(33-2)25(34-3)14-21(20)15-31(17)16-26(32)30-27(18-4-8-22(28)9-5-18)19-6-10-23(29)11-7-19/h4-11,13-14,17,27H,12,15-16H2,1-3H3,(H,30,32). The number of halogens is 2. The molecule has 0 radical (unpaired) electrons. The van der Waals surface area contributed by atoms with Gasteiger partial charge in [0.25, 0.3) is 0 Å². The number of nitrogens with zero attached hydrogens (tertiary/aromatic N) is 1. The molecule has 34 heavy (non-hydrogen) atoms. The third kappa shape index (κ3) is 5.20. The lowest BCUT2D eigenvalue weighted by molar-refractivity contribution is -0.123. The van der Waals surface area contributed by atoms with Gasteiger partial charge in [-0.05, 0) is 72.0 Å². The number of carbonyl (C=O) groups excluding carboxylic acids is 1. The van der Waals surface area contributed by atoms with Crippen LogP contribution in [0.1, 0.15) is 35.2 Å². The largest absolute Gasteiger partial charge is 0.493 e. The van der Waals surface area contributed by atoms with E-state index in [1.807, 2.05) is 12.1 Å². The lowest BCUT2D eigenvalue weighted by atomic mass is 9.94. The quantitative estimate of drug-likeness (QED) is 0.552. The van der Waals surface area contributed by atoms with E-state index in [4.69, 9.17) is 9.47 Å². The molecule has 5 nitrogen and oxygen atoms in total. The molecule has 1 atom stereocenters. The van der Waals surface area contributed by atoms with Crippen molar-refractivity contribution in [3.63, 3.8) is 0 Å². The van der Waals surface area contributed by atoms with Gasteiger partial charge in [0, 0.05) is 12.6 Å². The minimum Gasteiger partial charge on any atom is -0.493 e. The molecule has 1 unspecified atom stereocenters. The molecule has 0 bridgehead atoms. The average molecular weight is 467 g/mol. The number of carbonyl (C=O) groups is 1. The van der Waals surface area contributed by atoms with Crippen LogP contribution in [0.5, 0.6) is 11.5 Å². The molecular weight excluding hydrogens is 438 g/mol. The van der Waals surface area contributed by atoms with Gasteiger partial charge in [0.1, 0.15) is 11.6 Å². The first-order valence-electron chi connectivity index (χ1n) is 11.2. The molecule has 3 aromatic rings. The van der Waals surface area contributed by atoms with E-state index in [2.05, 4.69) is 17.1 Å². The Morgan fingerprint density at radius 1 is 0.941 bits per heavy atom. The average Bonchev–Trinajstić information content (AvgIpc) is 2.83. The zero-order chi connectivity index (χ0) is 24.2. The van der Waals surface area contributed by atoms with Crippen molar-refractivity contribution in [2.45, 2.75) is 32.0 Å². The van der Waals surface area contributed by atoms with Gasteiger partial charge in [0.2, 0.25) is 5.91 Å². The predicted molar refractivity (Wildman–Crippen MR) is 126 cm³/mol. The topological polar surface area (TPSA) is 50.8 Å². The Labute approximate surface area is 198 Å². The summed E-state index contributed by atoms with van der Waals surface area (Å²) in [6.45, 7) is 2.88. The summed E-state index contributed by atoms with van der Waals surface area (Å²) in [6, 6.07) is 15.5. The van der Waals surface area contributed by atoms with Gasteiger partial charge < -0.3 is 14.8 Å². The Morgan fingerprint density at radius 3 is 1.94 bits per heavy atom. The van der Waals surface area contributed by atoms with E-state index in [0.29, 0.717) is 18.0 Å². The molecular formula is C27H28F2N2O3. The lowest BCUT2D eigenvalue weighted by Crippen LogP contribution is -2.45. The molecule has 0 spiro atoms. The third-order valence-corrected chi connectivity index (χ3v) is 6.28. The van der Waals surface area contributed by atoms with E-state index in [9.17, 15) is 13.6 Å². The van der Waals surface area contributed by atoms with Crippen LogP contribution in [0.15, 0.2) is 60.7 Å². The van der Waals surface area contributed by atoms with Gasteiger partial charge in [0.05, 0.1) is 26.8 Å². The number of amides is 1. The van der Waals surface area contributed by atoms with Gasteiger partial charge in [-0.15, -0.1) is 0 Å². The van der Waals surface area contributed by atoms with Crippen LogP contribution in [0.3, 0.4) is 0 Å². The molecule has 0 aromatic heterocycles. The summed E-state index contributed by atoms with van der Waals surface area (Å²) in [7, 11) is 3.22. The molecule has 1 aliphatic rings. The first-order chi connectivity index (χ1) is 16.4. The van der Waals surface area contributed by atoms with E-state index in [-0.39, 0.29) is 30.1 Å². The van der Waals surface area contributed by atoms with Crippen molar-refractivity contribution in [2.24, 2.45) is 0 Å². The molecule has 0 aliphatic carbocycles. The molecule has 0 fully saturated rings. The van der Waals surface area contributed by atoms with E-state index >= 15 is 0 Å². The van der Waals surface area contributed by atoms with Crippen molar-refractivity contribution in [3.8, 4) is 11.5 Å². The Bertz CT molecular complexity index is 1100. The lowest BCUT2D eigenvalue weighted by Gasteiger charge is -2.35. The van der Waals surface area contributed by atoms with Crippen molar-refractivity contribution >= 4 is 5.91 Å². The van der Waals surface area contributed by atoms with Crippen LogP contribution in [0.4, 0.5) is 8.78 Å². The van der Waals surface area contributed by atoms with E-state index < -0.39 is 6.04 Å². The second-order valence-corrected chi connectivity index (χ2v) is 8.54. The minimum absolute atomic E-state index is 0.145. The zero-order valence-electron chi connectivity index (χ0n) is 19.5. The number of benzene rings is 3. The zero-order valence-corrected chi connectivity index (χ0v) is 19.5. The SMILES string of the molecule is COc1cc2c(cc1OC)CN(CC(=O)NC(c1ccc(F)cc1)c1ccc(F)cc1)C(C)C2. The Kier molecular flexibility index (Phi) is 7.12. The highest BCUT2D eigenvalue weighted by atomic mass is 19.1. The summed E-state index contributed by atoms with van der Waals surface area (Å²) >= 11 is 0. The highest BCUT2D eigenvalue weighted by molar-refractivity contribution is 5.79. The van der Waals surface area contributed by atoms with Crippen LogP contribution in [0.25, 0.3) is 0 Å². The summed E-state index contributed by atoms with van der Waals surface area (Å²) in [4.78, 5) is 15.2. The molecule has 1 heterocycles. The fraction of sp³-hybridized carbons (Fsp3) is 0.296. The molecule has 1 amide bonds. The molecule has 1 N–H and O–H groups in total. The number of ether oxygens (including phenoxy) is 2. The summed E-state index contributed by atoms with van der Waals surface area (Å²) in [5.41, 5.74) is 3.71. The third-order valence-electron chi connectivity index (χ3n) is 6.28. The number of hydrogen-bond donors (Lipinski definition) is 1. The summed E-state index contributed by atoms with van der Waals surface area (Å²) in [5, 5.41) is 3.05. The monoisotopic (exact) mass is 466 g/mol. The Morgan fingerprint density at radius 2 is 1.44 bits per heavy atom. The maximum absolute atomic E-state index is 13.5. The highest BCUT2D eigenvalue weighted by Gasteiger charge is 2.27. The molecule has 1 aliphatic heterocycles. The van der Waals surface area contributed by atoms with Gasteiger partial charge in [-0.25, -0.2) is 8.78 Å². The first-order valence-corrected chi connectivity index (χ1v) is 11.2. The first kappa shape index (κ1) is 23.7. The van der Waals surface area contributed by atoms with Crippen LogP contribution >= 0.6 is 0 Å². The van der Waals surface area contributed by atoms with Crippen LogP contribution in [-0.2, 0) is 17.8 Å². The Balaban J connectivity index is 1.52. The van der Waals surface area contributed by atoms with E-state index in [1.54, 1.807) is 38.5 Å². The van der Waals surface area contributed by atoms with Crippen molar-refractivity contribution < 1.29 is 23.0 Å². The maximum atomic E-state index is 13.5. The molecule has 0 saturated heterocycles. The van der Waals surface area contributed by atoms with Crippen molar-refractivity contribution in [1.29, 1.82) is 0 Å². The number of hydrogen-bond acceptors (Lipinski definition) is 4. The predicted octanol–water partition coefficient (Wildman–Crippen LogP) is 4.63. The van der Waals surface area contributed by atoms with Crippen LogP contribution in [0, 0.1) is 11.6 Å². The van der Waals surface area contributed by atoms with Crippen molar-refractivity contribution in [2.75, 3.05) is 20.8 Å². The highest BCUT2D eigenvalue weighted by Crippen LogP contribution is 2.34. The van der Waals surface area contributed by atoms with Gasteiger partial charge in [-0.3, -0.25) is 9.69 Å². The van der Waals surface area contributed by atoms with Crippen molar-refractivity contribution in [1.82, 2.24) is 10.2 Å². The van der Waals surface area contributed by atoms with Gasteiger partial charge in [-0.1, -0.05) is 24.3 Å². The van der Waals surface area contributed by atoms with Gasteiger partial charge >= 0.3 is 0 Å². The van der Waals surface area contributed by atoms with Crippen LogP contribution in [0.2, 0.25) is 0 Å². The summed E-state index contributed by atoms with van der Waals surface area (Å²) in [5.74, 6) is 0.463. The van der Waals surface area contributed by atoms with Gasteiger partial charge in [-0.2, -0.15) is 0 Å².